The molecule has 15 heavy (non-hydrogen) atoms. The maximum Gasteiger partial charge on any atom is 0.225 e. The van der Waals surface area contributed by atoms with Crippen LogP contribution >= 0.6 is 46.6 Å². The van der Waals surface area contributed by atoms with Gasteiger partial charge < -0.3 is 5.11 Å². The minimum absolute atomic E-state index is 0.848. The Morgan fingerprint density at radius 1 is 1.07 bits per heavy atom. The Bertz CT molecular complexity index is 150. The van der Waals surface area contributed by atoms with Gasteiger partial charge in [0.15, 0.2) is 0 Å². The van der Waals surface area contributed by atoms with Gasteiger partial charge in [0.2, 0.25) is 3.79 Å². The van der Waals surface area contributed by atoms with Crippen molar-refractivity contribution in [1.82, 2.24) is 0 Å². The number of unbranched alkanes of at least 4 members (excludes halogenated alkanes) is 5. The van der Waals surface area contributed by atoms with Gasteiger partial charge in [-0.2, -0.15) is 0 Å². The van der Waals surface area contributed by atoms with E-state index in [1.165, 1.54) is 43.9 Å². The van der Waals surface area contributed by atoms with Crippen molar-refractivity contribution in [2.45, 2.75) is 54.7 Å². The van der Waals surface area contributed by atoms with Gasteiger partial charge in [-0.25, -0.2) is 0 Å². The van der Waals surface area contributed by atoms with Crippen molar-refractivity contribution in [2.24, 2.45) is 0 Å². The number of hydrogen-bond acceptors (Lipinski definition) is 2. The van der Waals surface area contributed by atoms with Crippen LogP contribution in [0.15, 0.2) is 0 Å². The second kappa shape index (κ2) is 9.23. The quantitative estimate of drug-likeness (QED) is 0.395. The first-order valence-corrected chi connectivity index (χ1v) is 7.53. The summed E-state index contributed by atoms with van der Waals surface area (Å²) in [6.45, 7) is 2.20. The molecule has 0 aliphatic carbocycles. The molecule has 5 heteroatoms. The van der Waals surface area contributed by atoms with Gasteiger partial charge in [0.05, 0.1) is 0 Å². The highest BCUT2D eigenvalue weighted by Gasteiger charge is 2.30. The molecule has 1 N–H and O–H groups in total. The summed E-state index contributed by atoms with van der Waals surface area (Å²) in [5.41, 5.74) is -0.918. The van der Waals surface area contributed by atoms with Gasteiger partial charge in [0.1, 0.15) is 5.44 Å². The Labute approximate surface area is 112 Å². The summed E-state index contributed by atoms with van der Waals surface area (Å²) in [5.74, 6) is 0.848. The number of rotatable bonds is 8. The Balaban J connectivity index is 3.24. The van der Waals surface area contributed by atoms with Crippen molar-refractivity contribution in [3.05, 3.63) is 0 Å². The fourth-order valence-electron chi connectivity index (χ4n) is 1.17. The molecule has 0 fully saturated rings. The van der Waals surface area contributed by atoms with Crippen molar-refractivity contribution < 1.29 is 5.11 Å². The lowest BCUT2D eigenvalue weighted by atomic mass is 10.1. The summed E-state index contributed by atoms with van der Waals surface area (Å²) < 4.78 is -1.56. The van der Waals surface area contributed by atoms with E-state index in [4.69, 9.17) is 34.8 Å². The summed E-state index contributed by atoms with van der Waals surface area (Å²) in [6, 6.07) is 0. The molecule has 0 spiro atoms. The molecule has 1 atom stereocenters. The Hall–Kier alpha value is 1.18. The molecule has 0 unspecified atom stereocenters. The maximum atomic E-state index is 9.39. The van der Waals surface area contributed by atoms with Crippen molar-refractivity contribution in [1.29, 1.82) is 0 Å². The van der Waals surface area contributed by atoms with E-state index in [1.807, 2.05) is 0 Å². The van der Waals surface area contributed by atoms with Crippen LogP contribution in [0, 0.1) is 0 Å². The van der Waals surface area contributed by atoms with E-state index in [2.05, 4.69) is 6.92 Å². The second-order valence-electron chi connectivity index (χ2n) is 3.53. The number of aliphatic hydroxyl groups excluding tert-OH is 1. The van der Waals surface area contributed by atoms with E-state index < -0.39 is 9.23 Å². The molecule has 0 heterocycles. The van der Waals surface area contributed by atoms with Gasteiger partial charge in [0.25, 0.3) is 0 Å². The SMILES string of the molecule is CCCCCCCCS[C@@H](O)C(Cl)(Cl)Cl. The smallest absolute Gasteiger partial charge is 0.225 e. The summed E-state index contributed by atoms with van der Waals surface area (Å²) >= 11 is 17.9. The van der Waals surface area contributed by atoms with Crippen LogP contribution in [0.3, 0.4) is 0 Å². The zero-order valence-corrected chi connectivity index (χ0v) is 12.1. The molecule has 0 amide bonds. The summed E-state index contributed by atoms with van der Waals surface area (Å²) in [6.07, 6.45) is 7.41. The fraction of sp³-hybridized carbons (Fsp3) is 1.00. The van der Waals surface area contributed by atoms with Gasteiger partial charge in [-0.1, -0.05) is 73.8 Å². The van der Waals surface area contributed by atoms with Crippen molar-refractivity contribution in [2.75, 3.05) is 5.75 Å². The Kier molecular flexibility index (Phi) is 9.96. The average molecular weight is 294 g/mol. The number of halogens is 3. The lowest BCUT2D eigenvalue weighted by Crippen LogP contribution is -2.21. The van der Waals surface area contributed by atoms with Gasteiger partial charge in [0, 0.05) is 0 Å². The van der Waals surface area contributed by atoms with Crippen LogP contribution < -0.4 is 0 Å². The molecule has 0 aromatic heterocycles. The van der Waals surface area contributed by atoms with Crippen molar-refractivity contribution >= 4 is 46.6 Å². The summed E-state index contributed by atoms with van der Waals surface area (Å²) in [4.78, 5) is 0. The standard InChI is InChI=1S/C10H19Cl3OS/c1-2-3-4-5-6-7-8-15-9(14)10(11,12)13/h9,14H,2-8H2,1H3/t9-/m1/s1. The molecule has 0 aliphatic rings. The topological polar surface area (TPSA) is 20.2 Å². The predicted molar refractivity (Wildman–Crippen MR) is 72.1 cm³/mol. The normalized spacial score (nSPS) is 14.2. The molecular weight excluding hydrogens is 275 g/mol. The molecule has 0 aromatic carbocycles. The minimum atomic E-state index is -1.56. The molecule has 0 saturated carbocycles. The average Bonchev–Trinajstić information content (AvgIpc) is 2.14. The lowest BCUT2D eigenvalue weighted by molar-refractivity contribution is 0.268. The van der Waals surface area contributed by atoms with Crippen LogP contribution in [0.1, 0.15) is 45.4 Å². The fourth-order valence-corrected chi connectivity index (χ4v) is 2.52. The Morgan fingerprint density at radius 3 is 2.13 bits per heavy atom. The highest BCUT2D eigenvalue weighted by atomic mass is 35.6. The zero-order valence-electron chi connectivity index (χ0n) is 9.02. The zero-order chi connectivity index (χ0) is 11.7. The number of aliphatic hydroxyl groups is 1. The van der Waals surface area contributed by atoms with E-state index >= 15 is 0 Å². The molecule has 0 bridgehead atoms. The third-order valence-corrected chi connectivity index (χ3v) is 4.26. The lowest BCUT2D eigenvalue weighted by Gasteiger charge is -2.17. The van der Waals surface area contributed by atoms with E-state index in [9.17, 15) is 5.11 Å². The first-order valence-electron chi connectivity index (χ1n) is 5.35. The van der Waals surface area contributed by atoms with Crippen LogP contribution in [0.2, 0.25) is 0 Å². The third-order valence-electron chi connectivity index (χ3n) is 2.05. The number of thioether (sulfide) groups is 1. The van der Waals surface area contributed by atoms with E-state index in [-0.39, 0.29) is 0 Å². The molecule has 0 rings (SSSR count). The number of alkyl halides is 3. The van der Waals surface area contributed by atoms with Crippen LogP contribution in [-0.4, -0.2) is 20.1 Å². The molecular formula is C10H19Cl3OS. The van der Waals surface area contributed by atoms with Gasteiger partial charge in [-0.15, -0.1) is 11.8 Å². The maximum absolute atomic E-state index is 9.39. The summed E-state index contributed by atoms with van der Waals surface area (Å²) in [7, 11) is 0. The molecule has 0 saturated heterocycles. The van der Waals surface area contributed by atoms with Crippen LogP contribution in [0.5, 0.6) is 0 Å². The van der Waals surface area contributed by atoms with E-state index in [0.29, 0.717) is 0 Å². The first kappa shape index (κ1) is 16.2. The van der Waals surface area contributed by atoms with Crippen LogP contribution in [-0.2, 0) is 0 Å². The molecule has 0 aromatic rings. The molecule has 0 radical (unpaired) electrons. The van der Waals surface area contributed by atoms with Gasteiger partial charge in [-0.3, -0.25) is 0 Å². The second-order valence-corrected chi connectivity index (χ2v) is 7.09. The van der Waals surface area contributed by atoms with E-state index in [0.717, 1.165) is 12.2 Å². The monoisotopic (exact) mass is 292 g/mol. The van der Waals surface area contributed by atoms with Crippen LogP contribution in [0.25, 0.3) is 0 Å². The minimum Gasteiger partial charge on any atom is -0.378 e. The van der Waals surface area contributed by atoms with E-state index in [1.54, 1.807) is 0 Å². The largest absolute Gasteiger partial charge is 0.378 e. The Morgan fingerprint density at radius 2 is 1.60 bits per heavy atom. The first-order chi connectivity index (χ1) is 6.98. The van der Waals surface area contributed by atoms with Gasteiger partial charge in [-0.05, 0) is 12.2 Å². The summed E-state index contributed by atoms with van der Waals surface area (Å²) in [5, 5.41) is 9.39. The van der Waals surface area contributed by atoms with Crippen molar-refractivity contribution in [3.8, 4) is 0 Å². The highest BCUT2D eigenvalue weighted by molar-refractivity contribution is 8.00. The van der Waals surface area contributed by atoms with Crippen molar-refractivity contribution in [3.63, 3.8) is 0 Å². The molecule has 92 valence electrons. The molecule has 0 aliphatic heterocycles. The molecule has 1 nitrogen and oxygen atoms in total. The van der Waals surface area contributed by atoms with Crippen LogP contribution in [0.4, 0.5) is 0 Å². The highest BCUT2D eigenvalue weighted by Crippen LogP contribution is 2.36. The third kappa shape index (κ3) is 10.1. The predicted octanol–water partition coefficient (Wildman–Crippen LogP) is 4.77. The van der Waals surface area contributed by atoms with Gasteiger partial charge >= 0.3 is 0 Å². The number of hydrogen-bond donors (Lipinski definition) is 1.